The normalized spacial score (nSPS) is 21.7. The molecule has 3 rings (SSSR count). The van der Waals surface area contributed by atoms with E-state index < -0.39 is 23.8 Å². The van der Waals surface area contributed by atoms with Crippen LogP contribution in [0, 0.1) is 0 Å². The average molecular weight is 301 g/mol. The van der Waals surface area contributed by atoms with E-state index in [1.165, 1.54) is 0 Å². The fourth-order valence-electron chi connectivity index (χ4n) is 2.86. The van der Waals surface area contributed by atoms with Gasteiger partial charge in [0.1, 0.15) is 6.04 Å². The molecule has 4 amide bonds. The van der Waals surface area contributed by atoms with E-state index in [1.807, 2.05) is 0 Å². The number of carbonyl (C=O) groups is 4. The van der Waals surface area contributed by atoms with Crippen LogP contribution in [0.25, 0.3) is 0 Å². The highest BCUT2D eigenvalue weighted by Gasteiger charge is 2.41. The summed E-state index contributed by atoms with van der Waals surface area (Å²) < 4.78 is 0. The van der Waals surface area contributed by atoms with Gasteiger partial charge >= 0.3 is 0 Å². The maximum atomic E-state index is 12.6. The number of nitrogens with two attached hydrogens (primary N) is 1. The SMILES string of the molecule is NCc1ccc2c(c1)CC(=O)N(C1CCC(=O)NC1=O)C2=O. The molecule has 1 saturated heterocycles. The first kappa shape index (κ1) is 14.4. The van der Waals surface area contributed by atoms with Gasteiger partial charge in [-0.15, -0.1) is 0 Å². The van der Waals surface area contributed by atoms with E-state index >= 15 is 0 Å². The molecule has 0 bridgehead atoms. The molecule has 114 valence electrons. The third-order valence-electron chi connectivity index (χ3n) is 3.99. The molecule has 7 heteroatoms. The van der Waals surface area contributed by atoms with Crippen molar-refractivity contribution in [1.29, 1.82) is 0 Å². The van der Waals surface area contributed by atoms with Crippen molar-refractivity contribution in [2.24, 2.45) is 5.73 Å². The number of fused-ring (bicyclic) bond motifs is 1. The Kier molecular flexibility index (Phi) is 3.50. The molecule has 2 heterocycles. The number of imide groups is 2. The van der Waals surface area contributed by atoms with Crippen molar-refractivity contribution in [2.45, 2.75) is 31.8 Å². The number of carbonyl (C=O) groups excluding carboxylic acids is 4. The van der Waals surface area contributed by atoms with Gasteiger partial charge < -0.3 is 5.73 Å². The van der Waals surface area contributed by atoms with Crippen LogP contribution in [0.4, 0.5) is 0 Å². The first-order chi connectivity index (χ1) is 10.5. The Hall–Kier alpha value is -2.54. The van der Waals surface area contributed by atoms with E-state index in [1.54, 1.807) is 18.2 Å². The van der Waals surface area contributed by atoms with Gasteiger partial charge in [-0.25, -0.2) is 0 Å². The number of nitrogens with one attached hydrogen (secondary N) is 1. The summed E-state index contributed by atoms with van der Waals surface area (Å²) in [6, 6.07) is 4.19. The van der Waals surface area contributed by atoms with Crippen LogP contribution in [-0.4, -0.2) is 34.6 Å². The summed E-state index contributed by atoms with van der Waals surface area (Å²) in [5, 5.41) is 2.17. The second-order valence-corrected chi connectivity index (χ2v) is 5.41. The Morgan fingerprint density at radius 1 is 1.23 bits per heavy atom. The highest BCUT2D eigenvalue weighted by molar-refractivity contribution is 6.13. The number of amides is 4. The minimum atomic E-state index is -0.917. The number of hydrogen-bond donors (Lipinski definition) is 2. The van der Waals surface area contributed by atoms with Gasteiger partial charge in [-0.3, -0.25) is 29.4 Å². The number of hydrogen-bond acceptors (Lipinski definition) is 5. The summed E-state index contributed by atoms with van der Waals surface area (Å²) in [4.78, 5) is 49.0. The van der Waals surface area contributed by atoms with Crippen LogP contribution in [0.3, 0.4) is 0 Å². The monoisotopic (exact) mass is 301 g/mol. The lowest BCUT2D eigenvalue weighted by Gasteiger charge is -2.34. The molecule has 1 atom stereocenters. The molecule has 0 spiro atoms. The van der Waals surface area contributed by atoms with Crippen LogP contribution in [0.15, 0.2) is 18.2 Å². The molecule has 1 aromatic carbocycles. The quantitative estimate of drug-likeness (QED) is 0.714. The zero-order valence-electron chi connectivity index (χ0n) is 11.8. The summed E-state index contributed by atoms with van der Waals surface area (Å²) in [6.45, 7) is 0.326. The zero-order chi connectivity index (χ0) is 15.9. The van der Waals surface area contributed by atoms with E-state index in [-0.39, 0.29) is 25.2 Å². The molecule has 0 aromatic heterocycles. The van der Waals surface area contributed by atoms with Crippen molar-refractivity contribution in [3.05, 3.63) is 34.9 Å². The van der Waals surface area contributed by atoms with Gasteiger partial charge in [0.05, 0.1) is 6.42 Å². The molecule has 1 unspecified atom stereocenters. The second-order valence-electron chi connectivity index (χ2n) is 5.41. The number of piperidine rings is 1. The lowest BCUT2D eigenvalue weighted by atomic mass is 9.93. The minimum absolute atomic E-state index is 0.0483. The molecule has 3 N–H and O–H groups in total. The number of rotatable bonds is 2. The Morgan fingerprint density at radius 2 is 2.00 bits per heavy atom. The Labute approximate surface area is 126 Å². The number of nitrogens with zero attached hydrogens (tertiary/aromatic N) is 1. The first-order valence-corrected chi connectivity index (χ1v) is 7.03. The molecule has 1 aromatic rings. The molecular formula is C15H15N3O4. The largest absolute Gasteiger partial charge is 0.326 e. The zero-order valence-corrected chi connectivity index (χ0v) is 11.8. The lowest BCUT2D eigenvalue weighted by molar-refractivity contribution is -0.143. The molecule has 1 fully saturated rings. The molecular weight excluding hydrogens is 286 g/mol. The predicted octanol–water partition coefficient (Wildman–Crippen LogP) is -0.525. The smallest absolute Gasteiger partial charge is 0.261 e. The van der Waals surface area contributed by atoms with Gasteiger partial charge in [-0.1, -0.05) is 12.1 Å². The minimum Gasteiger partial charge on any atom is -0.326 e. The van der Waals surface area contributed by atoms with E-state index in [0.717, 1.165) is 10.5 Å². The molecule has 0 saturated carbocycles. The average Bonchev–Trinajstić information content (AvgIpc) is 2.48. The van der Waals surface area contributed by atoms with E-state index in [4.69, 9.17) is 5.73 Å². The summed E-state index contributed by atoms with van der Waals surface area (Å²) in [5.41, 5.74) is 7.43. The van der Waals surface area contributed by atoms with Crippen LogP contribution in [0.2, 0.25) is 0 Å². The molecule has 0 radical (unpaired) electrons. The Bertz CT molecular complexity index is 698. The Balaban J connectivity index is 1.94. The highest BCUT2D eigenvalue weighted by atomic mass is 16.2. The second kappa shape index (κ2) is 5.34. The molecule has 2 aliphatic heterocycles. The first-order valence-electron chi connectivity index (χ1n) is 7.03. The molecule has 22 heavy (non-hydrogen) atoms. The highest BCUT2D eigenvalue weighted by Crippen LogP contribution is 2.25. The maximum absolute atomic E-state index is 12.6. The van der Waals surface area contributed by atoms with Crippen molar-refractivity contribution in [2.75, 3.05) is 0 Å². The van der Waals surface area contributed by atoms with Crippen LogP contribution in [0.5, 0.6) is 0 Å². The van der Waals surface area contributed by atoms with E-state index in [2.05, 4.69) is 5.32 Å². The number of benzene rings is 1. The lowest BCUT2D eigenvalue weighted by Crippen LogP contribution is -2.57. The third kappa shape index (κ3) is 2.29. The van der Waals surface area contributed by atoms with Crippen molar-refractivity contribution in [1.82, 2.24) is 10.2 Å². The van der Waals surface area contributed by atoms with E-state index in [0.29, 0.717) is 17.7 Å². The van der Waals surface area contributed by atoms with Crippen LogP contribution >= 0.6 is 0 Å². The van der Waals surface area contributed by atoms with Gasteiger partial charge in [0.25, 0.3) is 5.91 Å². The van der Waals surface area contributed by atoms with Crippen LogP contribution in [0.1, 0.15) is 34.3 Å². The van der Waals surface area contributed by atoms with Crippen molar-refractivity contribution < 1.29 is 19.2 Å². The Morgan fingerprint density at radius 3 is 2.68 bits per heavy atom. The summed E-state index contributed by atoms with van der Waals surface area (Å²) in [7, 11) is 0. The van der Waals surface area contributed by atoms with Gasteiger partial charge in [0.15, 0.2) is 0 Å². The summed E-state index contributed by atoms with van der Waals surface area (Å²) >= 11 is 0. The molecule has 0 aliphatic carbocycles. The summed E-state index contributed by atoms with van der Waals surface area (Å²) in [5.74, 6) is -1.91. The molecule has 7 nitrogen and oxygen atoms in total. The van der Waals surface area contributed by atoms with Gasteiger partial charge in [0, 0.05) is 18.5 Å². The topological polar surface area (TPSA) is 110 Å². The van der Waals surface area contributed by atoms with Crippen LogP contribution in [-0.2, 0) is 27.3 Å². The molecule has 2 aliphatic rings. The predicted molar refractivity (Wildman–Crippen MR) is 75.4 cm³/mol. The van der Waals surface area contributed by atoms with E-state index in [9.17, 15) is 19.2 Å². The van der Waals surface area contributed by atoms with Gasteiger partial charge in [0.2, 0.25) is 17.7 Å². The summed E-state index contributed by atoms with van der Waals surface area (Å²) in [6.07, 6.45) is 0.331. The van der Waals surface area contributed by atoms with Crippen molar-refractivity contribution >= 4 is 23.6 Å². The maximum Gasteiger partial charge on any atom is 0.261 e. The fraction of sp³-hybridized carbons (Fsp3) is 0.333. The third-order valence-corrected chi connectivity index (χ3v) is 3.99. The standard InChI is InChI=1S/C15H15N3O4/c16-7-8-1-2-10-9(5-8)6-13(20)18(15(10)22)11-3-4-12(19)17-14(11)21/h1-2,5,11H,3-4,6-7,16H2,(H,17,19,21). The fourth-order valence-corrected chi connectivity index (χ4v) is 2.86. The van der Waals surface area contributed by atoms with Crippen molar-refractivity contribution in [3.63, 3.8) is 0 Å². The van der Waals surface area contributed by atoms with Gasteiger partial charge in [-0.05, 0) is 23.6 Å². The van der Waals surface area contributed by atoms with Crippen LogP contribution < -0.4 is 11.1 Å². The van der Waals surface area contributed by atoms with Crippen molar-refractivity contribution in [3.8, 4) is 0 Å². The van der Waals surface area contributed by atoms with Gasteiger partial charge in [-0.2, -0.15) is 0 Å².